The second-order valence-electron chi connectivity index (χ2n) is 3.56. The van der Waals surface area contributed by atoms with Crippen molar-refractivity contribution >= 4 is 17.5 Å². The van der Waals surface area contributed by atoms with Crippen molar-refractivity contribution in [3.05, 3.63) is 35.4 Å². The van der Waals surface area contributed by atoms with Gasteiger partial charge in [0, 0.05) is 12.4 Å². The van der Waals surface area contributed by atoms with Gasteiger partial charge in [-0.1, -0.05) is 29.8 Å². The molecule has 1 aromatic carbocycles. The lowest BCUT2D eigenvalue weighted by Crippen LogP contribution is -2.26. The van der Waals surface area contributed by atoms with Gasteiger partial charge in [0.15, 0.2) is 0 Å². The number of hydrogen-bond acceptors (Lipinski definition) is 1. The Labute approximate surface area is 95.6 Å². The smallest absolute Gasteiger partial charge is 0.224 e. The molecule has 0 unspecified atom stereocenters. The molecule has 1 rings (SSSR count). The van der Waals surface area contributed by atoms with Gasteiger partial charge in [0.2, 0.25) is 5.91 Å². The summed E-state index contributed by atoms with van der Waals surface area (Å²) in [6.45, 7) is 2.68. The maximum absolute atomic E-state index is 11.4. The molecule has 0 atom stereocenters. The lowest BCUT2D eigenvalue weighted by atomic mass is 10.1. The van der Waals surface area contributed by atoms with Gasteiger partial charge in [-0.3, -0.25) is 4.79 Å². The zero-order valence-corrected chi connectivity index (χ0v) is 9.68. The van der Waals surface area contributed by atoms with Crippen molar-refractivity contribution in [2.24, 2.45) is 0 Å². The van der Waals surface area contributed by atoms with Gasteiger partial charge in [0.25, 0.3) is 0 Å². The van der Waals surface area contributed by atoms with Crippen molar-refractivity contribution in [2.75, 3.05) is 12.4 Å². The summed E-state index contributed by atoms with van der Waals surface area (Å²) in [6, 6.07) is 7.99. The topological polar surface area (TPSA) is 29.1 Å². The van der Waals surface area contributed by atoms with Crippen molar-refractivity contribution in [1.82, 2.24) is 5.32 Å². The molecule has 0 saturated heterocycles. The number of aryl methyl sites for hydroxylation is 1. The second-order valence-corrected chi connectivity index (χ2v) is 3.94. The highest BCUT2D eigenvalue weighted by atomic mass is 35.5. The molecule has 1 aromatic rings. The van der Waals surface area contributed by atoms with E-state index in [2.05, 4.69) is 5.32 Å². The summed E-state index contributed by atoms with van der Waals surface area (Å²) in [5.74, 6) is 0.649. The Morgan fingerprint density at radius 2 is 2.27 bits per heavy atom. The fourth-order valence-electron chi connectivity index (χ4n) is 1.36. The fourth-order valence-corrected chi connectivity index (χ4v) is 1.50. The first kappa shape index (κ1) is 12.1. The first-order valence-electron chi connectivity index (χ1n) is 5.10. The minimum atomic E-state index is 0.0608. The van der Waals surface area contributed by atoms with Gasteiger partial charge >= 0.3 is 0 Å². The SMILES string of the molecule is Cc1cccc(CC(=O)NCCCCl)c1. The van der Waals surface area contributed by atoms with Crippen LogP contribution in [0.2, 0.25) is 0 Å². The Morgan fingerprint density at radius 3 is 2.93 bits per heavy atom. The van der Waals surface area contributed by atoms with E-state index in [9.17, 15) is 4.79 Å². The molecule has 0 aromatic heterocycles. The largest absolute Gasteiger partial charge is 0.356 e. The molecule has 15 heavy (non-hydrogen) atoms. The normalized spacial score (nSPS) is 10.0. The molecule has 1 amide bonds. The van der Waals surface area contributed by atoms with E-state index >= 15 is 0 Å². The first-order chi connectivity index (χ1) is 7.22. The Hall–Kier alpha value is -1.02. The fraction of sp³-hybridized carbons (Fsp3) is 0.417. The van der Waals surface area contributed by atoms with Crippen LogP contribution in [0.1, 0.15) is 17.5 Å². The van der Waals surface area contributed by atoms with Crippen molar-refractivity contribution in [1.29, 1.82) is 0 Å². The number of rotatable bonds is 5. The van der Waals surface area contributed by atoms with Crippen LogP contribution >= 0.6 is 11.6 Å². The minimum absolute atomic E-state index is 0.0608. The summed E-state index contributed by atoms with van der Waals surface area (Å²) in [5.41, 5.74) is 2.24. The van der Waals surface area contributed by atoms with E-state index < -0.39 is 0 Å². The molecule has 0 aliphatic carbocycles. The zero-order valence-electron chi connectivity index (χ0n) is 8.92. The van der Waals surface area contributed by atoms with Gasteiger partial charge in [0.05, 0.1) is 6.42 Å². The van der Waals surface area contributed by atoms with Gasteiger partial charge < -0.3 is 5.32 Å². The Bertz CT molecular complexity index is 325. The van der Waals surface area contributed by atoms with Gasteiger partial charge in [-0.25, -0.2) is 0 Å². The first-order valence-corrected chi connectivity index (χ1v) is 5.64. The second kappa shape index (κ2) is 6.46. The summed E-state index contributed by atoms with van der Waals surface area (Å²) in [6.07, 6.45) is 1.27. The van der Waals surface area contributed by atoms with Crippen LogP contribution in [0.25, 0.3) is 0 Å². The Kier molecular flexibility index (Phi) is 5.19. The van der Waals surface area contributed by atoms with Gasteiger partial charge in [-0.15, -0.1) is 11.6 Å². The Balaban J connectivity index is 2.37. The molecule has 0 aliphatic rings. The average Bonchev–Trinajstić information content (AvgIpc) is 2.18. The molecule has 0 bridgehead atoms. The van der Waals surface area contributed by atoms with Gasteiger partial charge in [0.1, 0.15) is 0 Å². The molecular formula is C12H16ClNO. The average molecular weight is 226 g/mol. The predicted molar refractivity (Wildman–Crippen MR) is 63.2 cm³/mol. The van der Waals surface area contributed by atoms with Crippen LogP contribution in [0.3, 0.4) is 0 Å². The number of carbonyl (C=O) groups excluding carboxylic acids is 1. The van der Waals surface area contributed by atoms with Crippen molar-refractivity contribution in [2.45, 2.75) is 19.8 Å². The molecule has 0 spiro atoms. The number of halogens is 1. The van der Waals surface area contributed by atoms with Crippen molar-refractivity contribution in [3.63, 3.8) is 0 Å². The maximum atomic E-state index is 11.4. The molecule has 0 fully saturated rings. The van der Waals surface area contributed by atoms with Crippen LogP contribution in [0, 0.1) is 6.92 Å². The van der Waals surface area contributed by atoms with E-state index in [0.29, 0.717) is 18.8 Å². The third kappa shape index (κ3) is 4.84. The van der Waals surface area contributed by atoms with E-state index in [0.717, 1.165) is 12.0 Å². The number of nitrogens with one attached hydrogen (secondary N) is 1. The zero-order chi connectivity index (χ0) is 11.1. The van der Waals surface area contributed by atoms with E-state index in [1.54, 1.807) is 0 Å². The number of amides is 1. The molecule has 1 N–H and O–H groups in total. The summed E-state index contributed by atoms with van der Waals surface area (Å²) < 4.78 is 0. The van der Waals surface area contributed by atoms with Gasteiger partial charge in [-0.2, -0.15) is 0 Å². The maximum Gasteiger partial charge on any atom is 0.224 e. The molecular weight excluding hydrogens is 210 g/mol. The van der Waals surface area contributed by atoms with E-state index in [1.165, 1.54) is 5.56 Å². The number of carbonyl (C=O) groups is 1. The van der Waals surface area contributed by atoms with Crippen LogP contribution in [0.4, 0.5) is 0 Å². The monoisotopic (exact) mass is 225 g/mol. The lowest BCUT2D eigenvalue weighted by Gasteiger charge is -2.04. The number of hydrogen-bond donors (Lipinski definition) is 1. The van der Waals surface area contributed by atoms with E-state index in [-0.39, 0.29) is 5.91 Å². The molecule has 0 aliphatic heterocycles. The highest BCUT2D eigenvalue weighted by molar-refractivity contribution is 6.17. The molecule has 0 radical (unpaired) electrons. The lowest BCUT2D eigenvalue weighted by molar-refractivity contribution is -0.120. The van der Waals surface area contributed by atoms with Gasteiger partial charge in [-0.05, 0) is 18.9 Å². The molecule has 0 heterocycles. The summed E-state index contributed by atoms with van der Waals surface area (Å²) in [4.78, 5) is 11.4. The van der Waals surface area contributed by atoms with Crippen LogP contribution in [-0.2, 0) is 11.2 Å². The third-order valence-corrected chi connectivity index (χ3v) is 2.35. The standard InChI is InChI=1S/C12H16ClNO/c1-10-4-2-5-11(8-10)9-12(15)14-7-3-6-13/h2,4-5,8H,3,6-7,9H2,1H3,(H,14,15). The predicted octanol–water partition coefficient (Wildman–Crippen LogP) is 2.28. The molecule has 2 nitrogen and oxygen atoms in total. The van der Waals surface area contributed by atoms with Crippen molar-refractivity contribution in [3.8, 4) is 0 Å². The summed E-state index contributed by atoms with van der Waals surface area (Å²) >= 11 is 5.51. The van der Waals surface area contributed by atoms with Crippen LogP contribution < -0.4 is 5.32 Å². The van der Waals surface area contributed by atoms with E-state index in [4.69, 9.17) is 11.6 Å². The van der Waals surface area contributed by atoms with Crippen LogP contribution in [0.5, 0.6) is 0 Å². The highest BCUT2D eigenvalue weighted by Crippen LogP contribution is 2.04. The molecule has 3 heteroatoms. The van der Waals surface area contributed by atoms with Crippen LogP contribution in [-0.4, -0.2) is 18.3 Å². The number of alkyl halides is 1. The number of benzene rings is 1. The minimum Gasteiger partial charge on any atom is -0.356 e. The summed E-state index contributed by atoms with van der Waals surface area (Å²) in [5, 5.41) is 2.83. The quantitative estimate of drug-likeness (QED) is 0.605. The third-order valence-electron chi connectivity index (χ3n) is 2.08. The summed E-state index contributed by atoms with van der Waals surface area (Å²) in [7, 11) is 0. The van der Waals surface area contributed by atoms with E-state index in [1.807, 2.05) is 31.2 Å². The molecule has 0 saturated carbocycles. The van der Waals surface area contributed by atoms with Crippen LogP contribution in [0.15, 0.2) is 24.3 Å². The molecule has 82 valence electrons. The highest BCUT2D eigenvalue weighted by Gasteiger charge is 2.02. The van der Waals surface area contributed by atoms with Crippen molar-refractivity contribution < 1.29 is 4.79 Å². The Morgan fingerprint density at radius 1 is 1.47 bits per heavy atom.